The number of nitrogens with zero attached hydrogens (tertiary/aromatic N) is 3. The van der Waals surface area contributed by atoms with E-state index < -0.39 is 11.3 Å². The van der Waals surface area contributed by atoms with E-state index in [9.17, 15) is 9.18 Å². The number of halogens is 1. The first kappa shape index (κ1) is 28.5. The van der Waals surface area contributed by atoms with Crippen molar-refractivity contribution in [3.8, 4) is 22.8 Å². The number of likely N-dealkylation sites (tertiary alicyclic amines) is 1. The molecule has 1 fully saturated rings. The standard InChI is InChI=1S/C33H37FN4O3/c1-4-38-15-13-23(14-16-38)20-41-30-18-28-27(17-29(30)40-3)31(37-21-36-28)24-7-5-22(6-8-24)19-33(2,32(35)39)25-9-11-26(34)12-10-25/h5-12,17-18,21,23H,4,13-16,19-20H2,1-3H3,(H2,35,39). The topological polar surface area (TPSA) is 90.6 Å². The highest BCUT2D eigenvalue weighted by atomic mass is 19.1. The lowest BCUT2D eigenvalue weighted by molar-refractivity contribution is -0.123. The number of carbonyl (C=O) groups is 1. The van der Waals surface area contributed by atoms with Crippen molar-refractivity contribution in [3.63, 3.8) is 0 Å². The molecule has 1 saturated heterocycles. The van der Waals surface area contributed by atoms with E-state index in [1.807, 2.05) is 36.4 Å². The molecule has 2 N–H and O–H groups in total. The third-order valence-corrected chi connectivity index (χ3v) is 8.36. The molecule has 1 atom stereocenters. The van der Waals surface area contributed by atoms with E-state index in [4.69, 9.17) is 15.2 Å². The second kappa shape index (κ2) is 12.2. The second-order valence-electron chi connectivity index (χ2n) is 11.0. The number of amides is 1. The minimum absolute atomic E-state index is 0.356. The maximum Gasteiger partial charge on any atom is 0.228 e. The quantitative estimate of drug-likeness (QED) is 0.276. The molecule has 0 bridgehead atoms. The van der Waals surface area contributed by atoms with Gasteiger partial charge in [0.25, 0.3) is 0 Å². The summed E-state index contributed by atoms with van der Waals surface area (Å²) in [6.45, 7) is 7.97. The summed E-state index contributed by atoms with van der Waals surface area (Å²) in [6.07, 6.45) is 4.20. The zero-order valence-electron chi connectivity index (χ0n) is 23.9. The van der Waals surface area contributed by atoms with E-state index >= 15 is 0 Å². The highest BCUT2D eigenvalue weighted by Crippen LogP contribution is 2.36. The molecule has 214 valence electrons. The minimum Gasteiger partial charge on any atom is -0.493 e. The summed E-state index contributed by atoms with van der Waals surface area (Å²) in [6, 6.07) is 17.7. The van der Waals surface area contributed by atoms with Crippen LogP contribution >= 0.6 is 0 Å². The number of hydrogen-bond acceptors (Lipinski definition) is 6. The molecular formula is C33H37FN4O3. The summed E-state index contributed by atoms with van der Waals surface area (Å²) in [5.41, 5.74) is 8.88. The van der Waals surface area contributed by atoms with E-state index in [0.717, 1.165) is 60.2 Å². The van der Waals surface area contributed by atoms with Gasteiger partial charge in [-0.2, -0.15) is 0 Å². The van der Waals surface area contributed by atoms with E-state index in [-0.39, 0.29) is 5.82 Å². The van der Waals surface area contributed by atoms with Crippen LogP contribution in [0.1, 0.15) is 37.8 Å². The van der Waals surface area contributed by atoms with Gasteiger partial charge in [-0.15, -0.1) is 0 Å². The molecule has 0 saturated carbocycles. The monoisotopic (exact) mass is 556 g/mol. The normalized spacial score (nSPS) is 15.9. The molecule has 0 spiro atoms. The summed E-state index contributed by atoms with van der Waals surface area (Å²) in [7, 11) is 1.64. The summed E-state index contributed by atoms with van der Waals surface area (Å²) in [4.78, 5) is 24.1. The van der Waals surface area contributed by atoms with Gasteiger partial charge in [-0.1, -0.05) is 43.3 Å². The highest BCUT2D eigenvalue weighted by molar-refractivity contribution is 5.94. The molecule has 1 amide bonds. The molecule has 1 aliphatic rings. The fourth-order valence-electron chi connectivity index (χ4n) is 5.58. The van der Waals surface area contributed by atoms with Crippen LogP contribution in [-0.2, 0) is 16.6 Å². The fraction of sp³-hybridized carbons (Fsp3) is 0.364. The largest absolute Gasteiger partial charge is 0.493 e. The smallest absolute Gasteiger partial charge is 0.228 e. The molecule has 3 aromatic carbocycles. The molecule has 4 aromatic rings. The van der Waals surface area contributed by atoms with E-state index in [0.29, 0.717) is 36.0 Å². The van der Waals surface area contributed by atoms with Crippen molar-refractivity contribution in [1.82, 2.24) is 14.9 Å². The first-order chi connectivity index (χ1) is 19.8. The van der Waals surface area contributed by atoms with Crippen molar-refractivity contribution in [1.29, 1.82) is 0 Å². The lowest BCUT2D eigenvalue weighted by atomic mass is 9.76. The van der Waals surface area contributed by atoms with Crippen molar-refractivity contribution in [2.45, 2.75) is 38.5 Å². The lowest BCUT2D eigenvalue weighted by Gasteiger charge is -2.30. The Balaban J connectivity index is 1.37. The summed E-state index contributed by atoms with van der Waals surface area (Å²) in [5.74, 6) is 1.03. The van der Waals surface area contributed by atoms with Crippen molar-refractivity contribution in [3.05, 3.63) is 83.9 Å². The van der Waals surface area contributed by atoms with Crippen molar-refractivity contribution < 1.29 is 18.7 Å². The van der Waals surface area contributed by atoms with E-state index in [2.05, 4.69) is 21.8 Å². The zero-order valence-corrected chi connectivity index (χ0v) is 23.9. The van der Waals surface area contributed by atoms with Gasteiger partial charge in [-0.05, 0) is 81.1 Å². The van der Waals surface area contributed by atoms with Crippen LogP contribution in [-0.4, -0.2) is 54.1 Å². The Hall–Kier alpha value is -4.04. The van der Waals surface area contributed by atoms with E-state index in [1.165, 1.54) is 12.1 Å². The van der Waals surface area contributed by atoms with Crippen LogP contribution in [0.25, 0.3) is 22.2 Å². The van der Waals surface area contributed by atoms with Crippen LogP contribution in [0, 0.1) is 11.7 Å². The Labute approximate surface area is 240 Å². The number of primary amides is 1. The number of methoxy groups -OCH3 is 1. The zero-order chi connectivity index (χ0) is 29.0. The Kier molecular flexibility index (Phi) is 8.49. The number of rotatable bonds is 10. The van der Waals surface area contributed by atoms with Crippen molar-refractivity contribution >= 4 is 16.8 Å². The van der Waals surface area contributed by atoms with Crippen LogP contribution in [0.2, 0.25) is 0 Å². The van der Waals surface area contributed by atoms with Gasteiger partial charge in [0.15, 0.2) is 11.5 Å². The number of carbonyl (C=O) groups excluding carboxylic acids is 1. The number of nitrogens with two attached hydrogens (primary N) is 1. The molecule has 1 unspecified atom stereocenters. The van der Waals surface area contributed by atoms with Gasteiger partial charge < -0.3 is 20.1 Å². The molecule has 41 heavy (non-hydrogen) atoms. The summed E-state index contributed by atoms with van der Waals surface area (Å²) in [5, 5.41) is 0.856. The van der Waals surface area contributed by atoms with Gasteiger partial charge >= 0.3 is 0 Å². The van der Waals surface area contributed by atoms with Gasteiger partial charge in [0.2, 0.25) is 5.91 Å². The third kappa shape index (κ3) is 6.17. The molecule has 0 aliphatic carbocycles. The maximum absolute atomic E-state index is 13.5. The number of benzene rings is 3. The predicted molar refractivity (Wildman–Crippen MR) is 159 cm³/mol. The molecule has 2 heterocycles. The Morgan fingerprint density at radius 3 is 2.39 bits per heavy atom. The van der Waals surface area contributed by atoms with E-state index in [1.54, 1.807) is 32.5 Å². The molecule has 5 rings (SSSR count). The first-order valence-electron chi connectivity index (χ1n) is 14.1. The van der Waals surface area contributed by atoms with Crippen LogP contribution in [0.3, 0.4) is 0 Å². The van der Waals surface area contributed by atoms with Crippen LogP contribution in [0.15, 0.2) is 67.0 Å². The van der Waals surface area contributed by atoms with Crippen molar-refractivity contribution in [2.24, 2.45) is 11.7 Å². The number of aromatic nitrogens is 2. The molecular weight excluding hydrogens is 519 g/mol. The number of hydrogen-bond donors (Lipinski definition) is 1. The molecule has 8 heteroatoms. The first-order valence-corrected chi connectivity index (χ1v) is 14.1. The summed E-state index contributed by atoms with van der Waals surface area (Å²) < 4.78 is 25.4. The van der Waals surface area contributed by atoms with Crippen LogP contribution in [0.5, 0.6) is 11.5 Å². The number of ether oxygens (including phenoxy) is 2. The van der Waals surface area contributed by atoms with Crippen LogP contribution in [0.4, 0.5) is 4.39 Å². The molecule has 1 aromatic heterocycles. The van der Waals surface area contributed by atoms with Gasteiger partial charge in [0, 0.05) is 17.0 Å². The average Bonchev–Trinajstić information content (AvgIpc) is 3.00. The molecule has 7 nitrogen and oxygen atoms in total. The number of piperidine rings is 1. The number of fused-ring (bicyclic) bond motifs is 1. The average molecular weight is 557 g/mol. The minimum atomic E-state index is -0.979. The fourth-order valence-corrected chi connectivity index (χ4v) is 5.58. The molecule has 0 radical (unpaired) electrons. The van der Waals surface area contributed by atoms with Crippen LogP contribution < -0.4 is 15.2 Å². The Bertz CT molecular complexity index is 1500. The summed E-state index contributed by atoms with van der Waals surface area (Å²) >= 11 is 0. The molecule has 1 aliphatic heterocycles. The SMILES string of the molecule is CCN1CCC(COc2cc3ncnc(-c4ccc(CC(C)(C(N)=O)c5ccc(F)cc5)cc4)c3cc2OC)CC1. The highest BCUT2D eigenvalue weighted by Gasteiger charge is 2.33. The second-order valence-corrected chi connectivity index (χ2v) is 11.0. The Morgan fingerprint density at radius 2 is 1.76 bits per heavy atom. The van der Waals surface area contributed by atoms with Gasteiger partial charge in [-0.25, -0.2) is 14.4 Å². The lowest BCUT2D eigenvalue weighted by Crippen LogP contribution is -2.40. The van der Waals surface area contributed by atoms with Crippen molar-refractivity contribution in [2.75, 3.05) is 33.4 Å². The predicted octanol–water partition coefficient (Wildman–Crippen LogP) is 5.54. The van der Waals surface area contributed by atoms with Gasteiger partial charge in [0.05, 0.1) is 30.3 Å². The Morgan fingerprint density at radius 1 is 1.05 bits per heavy atom. The van der Waals surface area contributed by atoms with Gasteiger partial charge in [0.1, 0.15) is 12.1 Å². The third-order valence-electron chi connectivity index (χ3n) is 8.36. The maximum atomic E-state index is 13.5. The van der Waals surface area contributed by atoms with Gasteiger partial charge in [-0.3, -0.25) is 4.79 Å².